The van der Waals surface area contributed by atoms with Gasteiger partial charge >= 0.3 is 5.76 Å². The molecule has 3 rings (SSSR count). The number of fused-ring (bicyclic) bond motifs is 1. The fourth-order valence-electron chi connectivity index (χ4n) is 2.72. The van der Waals surface area contributed by atoms with E-state index in [4.69, 9.17) is 16.0 Å². The highest BCUT2D eigenvalue weighted by molar-refractivity contribution is 6.31. The van der Waals surface area contributed by atoms with E-state index in [0.717, 1.165) is 0 Å². The van der Waals surface area contributed by atoms with Gasteiger partial charge in [0.25, 0.3) is 0 Å². The zero-order valence-corrected chi connectivity index (χ0v) is 14.3. The minimum atomic E-state index is -0.533. The molecule has 0 radical (unpaired) electrons. The van der Waals surface area contributed by atoms with E-state index in [0.29, 0.717) is 28.4 Å². The van der Waals surface area contributed by atoms with Crippen LogP contribution in [-0.2, 0) is 11.3 Å². The van der Waals surface area contributed by atoms with E-state index in [1.54, 1.807) is 35.2 Å². The topological polar surface area (TPSA) is 55.5 Å². The average molecular weight is 363 g/mol. The molecule has 0 saturated carbocycles. The number of anilines is 1. The molecule has 0 unspecified atom stereocenters. The Morgan fingerprint density at radius 2 is 1.96 bits per heavy atom. The average Bonchev–Trinajstić information content (AvgIpc) is 2.89. The van der Waals surface area contributed by atoms with Gasteiger partial charge in [-0.05, 0) is 43.3 Å². The molecule has 2 aromatic carbocycles. The van der Waals surface area contributed by atoms with Crippen LogP contribution in [0.1, 0.15) is 13.3 Å². The number of benzene rings is 2. The van der Waals surface area contributed by atoms with Gasteiger partial charge in [-0.25, -0.2) is 9.18 Å². The van der Waals surface area contributed by atoms with Gasteiger partial charge in [0.1, 0.15) is 5.82 Å². The quantitative estimate of drug-likeness (QED) is 0.693. The summed E-state index contributed by atoms with van der Waals surface area (Å²) in [4.78, 5) is 26.1. The summed E-state index contributed by atoms with van der Waals surface area (Å²) >= 11 is 5.89. The highest BCUT2D eigenvalue weighted by atomic mass is 35.5. The molecular formula is C18H16ClFN2O3. The van der Waals surface area contributed by atoms with Crippen molar-refractivity contribution in [3.63, 3.8) is 0 Å². The second-order valence-electron chi connectivity index (χ2n) is 5.50. The number of oxazole rings is 1. The first-order valence-electron chi connectivity index (χ1n) is 7.84. The molecule has 1 amide bonds. The number of hydrogen-bond acceptors (Lipinski definition) is 3. The predicted octanol–water partition coefficient (Wildman–Crippen LogP) is 3.83. The lowest BCUT2D eigenvalue weighted by molar-refractivity contribution is -0.118. The molecule has 0 saturated heterocycles. The fraction of sp³-hybridized carbons (Fsp3) is 0.222. The van der Waals surface area contributed by atoms with Crippen molar-refractivity contribution in [3.8, 4) is 0 Å². The SMILES string of the molecule is CCN(C(=O)CCn1c(=O)oc2cc(Cl)ccc21)c1ccc(F)cc1. The van der Waals surface area contributed by atoms with Crippen LogP contribution < -0.4 is 10.7 Å². The Labute approximate surface area is 148 Å². The zero-order chi connectivity index (χ0) is 18.0. The van der Waals surface area contributed by atoms with E-state index < -0.39 is 5.76 Å². The monoisotopic (exact) mass is 362 g/mol. The van der Waals surface area contributed by atoms with Crippen molar-refractivity contribution in [1.82, 2.24) is 4.57 Å². The molecule has 0 aliphatic heterocycles. The summed E-state index contributed by atoms with van der Waals surface area (Å²) in [5.74, 6) is -1.05. The van der Waals surface area contributed by atoms with E-state index in [1.165, 1.54) is 16.7 Å². The summed E-state index contributed by atoms with van der Waals surface area (Å²) in [6, 6.07) is 10.6. The summed E-state index contributed by atoms with van der Waals surface area (Å²) in [7, 11) is 0. The first kappa shape index (κ1) is 17.2. The van der Waals surface area contributed by atoms with Crippen molar-refractivity contribution in [2.75, 3.05) is 11.4 Å². The first-order chi connectivity index (χ1) is 12.0. The zero-order valence-electron chi connectivity index (χ0n) is 13.5. The Morgan fingerprint density at radius 3 is 2.64 bits per heavy atom. The van der Waals surface area contributed by atoms with Crippen molar-refractivity contribution in [2.24, 2.45) is 0 Å². The van der Waals surface area contributed by atoms with Crippen LogP contribution in [-0.4, -0.2) is 17.0 Å². The van der Waals surface area contributed by atoms with Crippen molar-refractivity contribution < 1.29 is 13.6 Å². The lowest BCUT2D eigenvalue weighted by Crippen LogP contribution is -2.32. The van der Waals surface area contributed by atoms with E-state index in [2.05, 4.69) is 0 Å². The van der Waals surface area contributed by atoms with Crippen molar-refractivity contribution in [2.45, 2.75) is 19.9 Å². The van der Waals surface area contributed by atoms with Crippen LogP contribution in [0.15, 0.2) is 51.7 Å². The van der Waals surface area contributed by atoms with Crippen LogP contribution in [0.25, 0.3) is 11.1 Å². The number of carbonyl (C=O) groups excluding carboxylic acids is 1. The van der Waals surface area contributed by atoms with Gasteiger partial charge in [0.2, 0.25) is 5.91 Å². The molecule has 0 bridgehead atoms. The van der Waals surface area contributed by atoms with Gasteiger partial charge in [-0.15, -0.1) is 0 Å². The number of aromatic nitrogens is 1. The molecule has 1 aromatic heterocycles. The normalized spacial score (nSPS) is 11.0. The Bertz CT molecular complexity index is 963. The van der Waals surface area contributed by atoms with Crippen LogP contribution in [0, 0.1) is 5.82 Å². The predicted molar refractivity (Wildman–Crippen MR) is 94.5 cm³/mol. The third-order valence-electron chi connectivity index (χ3n) is 3.94. The smallest absolute Gasteiger partial charge is 0.408 e. The number of halogens is 2. The first-order valence-corrected chi connectivity index (χ1v) is 8.22. The Hall–Kier alpha value is -2.60. The van der Waals surface area contributed by atoms with Crippen LogP contribution in [0.5, 0.6) is 0 Å². The van der Waals surface area contributed by atoms with Gasteiger partial charge in [-0.2, -0.15) is 0 Å². The fourth-order valence-corrected chi connectivity index (χ4v) is 2.88. The number of nitrogens with zero attached hydrogens (tertiary/aromatic N) is 2. The van der Waals surface area contributed by atoms with Crippen LogP contribution in [0.4, 0.5) is 10.1 Å². The maximum atomic E-state index is 13.0. The maximum Gasteiger partial charge on any atom is 0.419 e. The number of carbonyl (C=O) groups is 1. The molecule has 7 heteroatoms. The molecule has 5 nitrogen and oxygen atoms in total. The molecular weight excluding hydrogens is 347 g/mol. The maximum absolute atomic E-state index is 13.0. The van der Waals surface area contributed by atoms with Gasteiger partial charge in [0, 0.05) is 36.3 Å². The molecule has 0 aliphatic carbocycles. The van der Waals surface area contributed by atoms with Crippen molar-refractivity contribution in [1.29, 1.82) is 0 Å². The molecule has 0 fully saturated rings. The molecule has 130 valence electrons. The largest absolute Gasteiger partial charge is 0.419 e. The molecule has 0 N–H and O–H groups in total. The minimum Gasteiger partial charge on any atom is -0.408 e. The third kappa shape index (κ3) is 3.58. The minimum absolute atomic E-state index is 0.113. The van der Waals surface area contributed by atoms with Gasteiger partial charge in [-0.3, -0.25) is 9.36 Å². The van der Waals surface area contributed by atoms with E-state index in [-0.39, 0.29) is 24.7 Å². The van der Waals surface area contributed by atoms with E-state index in [1.807, 2.05) is 6.92 Å². The second kappa shape index (κ2) is 7.11. The Kier molecular flexibility index (Phi) is 4.90. The number of amides is 1. The van der Waals surface area contributed by atoms with Crippen LogP contribution >= 0.6 is 11.6 Å². The second-order valence-corrected chi connectivity index (χ2v) is 5.93. The van der Waals surface area contributed by atoms with Crippen LogP contribution in [0.2, 0.25) is 5.02 Å². The summed E-state index contributed by atoms with van der Waals surface area (Å²) in [5, 5.41) is 0.470. The summed E-state index contributed by atoms with van der Waals surface area (Å²) in [5.41, 5.74) is 1.59. The van der Waals surface area contributed by atoms with Gasteiger partial charge < -0.3 is 9.32 Å². The lowest BCUT2D eigenvalue weighted by Gasteiger charge is -2.21. The molecule has 25 heavy (non-hydrogen) atoms. The summed E-state index contributed by atoms with van der Waals surface area (Å²) in [6.07, 6.45) is 0.113. The highest BCUT2D eigenvalue weighted by Gasteiger charge is 2.16. The molecule has 0 atom stereocenters. The molecule has 3 aromatic rings. The summed E-state index contributed by atoms with van der Waals surface area (Å²) in [6.45, 7) is 2.47. The van der Waals surface area contributed by atoms with E-state index in [9.17, 15) is 14.0 Å². The van der Waals surface area contributed by atoms with Crippen LogP contribution in [0.3, 0.4) is 0 Å². The van der Waals surface area contributed by atoms with Gasteiger partial charge in [0.15, 0.2) is 5.58 Å². The standard InChI is InChI=1S/C18H16ClFN2O3/c1-2-21(14-6-4-13(20)5-7-14)17(23)9-10-22-15-8-3-12(19)11-16(15)25-18(22)24/h3-8,11H,2,9-10H2,1H3. The molecule has 1 heterocycles. The van der Waals surface area contributed by atoms with Crippen molar-refractivity contribution in [3.05, 3.63) is 63.9 Å². The third-order valence-corrected chi connectivity index (χ3v) is 4.17. The van der Waals surface area contributed by atoms with Gasteiger partial charge in [0.05, 0.1) is 5.52 Å². The number of aryl methyl sites for hydroxylation is 1. The highest BCUT2D eigenvalue weighted by Crippen LogP contribution is 2.19. The molecule has 0 aliphatic rings. The Morgan fingerprint density at radius 1 is 1.24 bits per heavy atom. The summed E-state index contributed by atoms with van der Waals surface area (Å²) < 4.78 is 19.6. The van der Waals surface area contributed by atoms with Crippen molar-refractivity contribution >= 4 is 34.3 Å². The number of hydrogen-bond donors (Lipinski definition) is 0. The molecule has 0 spiro atoms. The van der Waals surface area contributed by atoms with E-state index >= 15 is 0 Å². The number of rotatable bonds is 5. The Balaban J connectivity index is 1.78. The van der Waals surface area contributed by atoms with Gasteiger partial charge in [-0.1, -0.05) is 11.6 Å². The lowest BCUT2D eigenvalue weighted by atomic mass is 10.2.